The summed E-state index contributed by atoms with van der Waals surface area (Å²) < 4.78 is 2.52. The van der Waals surface area contributed by atoms with Gasteiger partial charge in [-0.1, -0.05) is 36.4 Å². The van der Waals surface area contributed by atoms with E-state index in [9.17, 15) is 0 Å². The molecular weight excluding hydrogens is 244 g/mol. The Labute approximate surface area is 119 Å². The van der Waals surface area contributed by atoms with E-state index in [0.29, 0.717) is 0 Å². The molecule has 2 aromatic carbocycles. The van der Waals surface area contributed by atoms with Crippen LogP contribution in [0.4, 0.5) is 0 Å². The van der Waals surface area contributed by atoms with Gasteiger partial charge in [-0.05, 0) is 31.4 Å². The lowest BCUT2D eigenvalue weighted by molar-refractivity contribution is -0.926. The molecule has 1 fully saturated rings. The van der Waals surface area contributed by atoms with Crippen LogP contribution in [0.2, 0.25) is 0 Å². The van der Waals surface area contributed by atoms with Crippen molar-refractivity contribution >= 4 is 21.8 Å². The lowest BCUT2D eigenvalue weighted by Gasteiger charge is -2.24. The third kappa shape index (κ3) is 1.92. The van der Waals surface area contributed by atoms with Crippen LogP contribution in [0.15, 0.2) is 48.5 Å². The molecule has 1 aromatic heterocycles. The first kappa shape index (κ1) is 12.0. The molecule has 0 amide bonds. The van der Waals surface area contributed by atoms with E-state index in [1.54, 1.807) is 4.90 Å². The molecule has 0 atom stereocenters. The van der Waals surface area contributed by atoms with Gasteiger partial charge in [-0.2, -0.15) is 0 Å². The number of fused-ring (bicyclic) bond motifs is 3. The first-order chi connectivity index (χ1) is 9.93. The second-order valence-electron chi connectivity index (χ2n) is 5.93. The lowest BCUT2D eigenvalue weighted by Crippen LogP contribution is -3.12. The Kier molecular flexibility index (Phi) is 2.96. The molecule has 4 rings (SSSR count). The number of aromatic nitrogens is 1. The van der Waals surface area contributed by atoms with Crippen LogP contribution in [0.1, 0.15) is 19.3 Å². The number of benzene rings is 2. The van der Waals surface area contributed by atoms with Crippen molar-refractivity contribution in [1.82, 2.24) is 4.57 Å². The monoisotopic (exact) mass is 265 g/mol. The largest absolute Gasteiger partial charge is 0.318 e. The van der Waals surface area contributed by atoms with E-state index in [1.807, 2.05) is 0 Å². The van der Waals surface area contributed by atoms with Gasteiger partial charge in [-0.25, -0.2) is 0 Å². The predicted octanol–water partition coefficient (Wildman–Crippen LogP) is 2.82. The van der Waals surface area contributed by atoms with Crippen LogP contribution in [0.3, 0.4) is 0 Å². The van der Waals surface area contributed by atoms with Crippen molar-refractivity contribution in [2.45, 2.75) is 25.9 Å². The molecule has 1 aliphatic rings. The van der Waals surface area contributed by atoms with Crippen LogP contribution in [-0.4, -0.2) is 17.7 Å². The van der Waals surface area contributed by atoms with Gasteiger partial charge in [0.05, 0.1) is 24.1 Å². The molecule has 0 radical (unpaired) electrons. The molecule has 0 bridgehead atoms. The molecule has 2 heterocycles. The first-order valence-electron chi connectivity index (χ1n) is 7.73. The van der Waals surface area contributed by atoms with E-state index in [2.05, 4.69) is 53.1 Å². The number of hydrogen-bond acceptors (Lipinski definition) is 0. The summed E-state index contributed by atoms with van der Waals surface area (Å²) in [6.07, 6.45) is 4.18. The fourth-order valence-corrected chi connectivity index (χ4v) is 3.61. The normalized spacial score (nSPS) is 17.0. The zero-order valence-electron chi connectivity index (χ0n) is 11.8. The fraction of sp³-hybridized carbons (Fsp3) is 0.333. The van der Waals surface area contributed by atoms with Gasteiger partial charge in [0, 0.05) is 10.8 Å². The Morgan fingerprint density at radius 1 is 0.750 bits per heavy atom. The summed E-state index contributed by atoms with van der Waals surface area (Å²) in [6, 6.07) is 17.6. The van der Waals surface area contributed by atoms with Gasteiger partial charge in [0.15, 0.2) is 6.67 Å². The van der Waals surface area contributed by atoms with Gasteiger partial charge in [-0.3, -0.25) is 4.57 Å². The smallest absolute Gasteiger partial charge is 0.157 e. The number of piperidine rings is 1. The van der Waals surface area contributed by atoms with Crippen molar-refractivity contribution < 1.29 is 4.90 Å². The zero-order valence-corrected chi connectivity index (χ0v) is 11.8. The van der Waals surface area contributed by atoms with Crippen LogP contribution in [0, 0.1) is 0 Å². The fourth-order valence-electron chi connectivity index (χ4n) is 3.61. The molecule has 1 aliphatic heterocycles. The van der Waals surface area contributed by atoms with Crippen LogP contribution in [0.5, 0.6) is 0 Å². The molecule has 0 aliphatic carbocycles. The first-order valence-corrected chi connectivity index (χ1v) is 7.73. The second kappa shape index (κ2) is 4.95. The molecule has 3 aromatic rings. The van der Waals surface area contributed by atoms with Crippen molar-refractivity contribution in [2.75, 3.05) is 13.1 Å². The van der Waals surface area contributed by atoms with Crippen LogP contribution in [-0.2, 0) is 6.67 Å². The minimum Gasteiger partial charge on any atom is -0.318 e. The van der Waals surface area contributed by atoms with Gasteiger partial charge in [0.25, 0.3) is 0 Å². The Hall–Kier alpha value is -1.80. The summed E-state index contributed by atoms with van der Waals surface area (Å²) in [5, 5.41) is 2.78. The van der Waals surface area contributed by atoms with Gasteiger partial charge < -0.3 is 4.90 Å². The highest BCUT2D eigenvalue weighted by Crippen LogP contribution is 2.27. The molecule has 0 unspecified atom stereocenters. The summed E-state index contributed by atoms with van der Waals surface area (Å²) in [5.41, 5.74) is 2.76. The number of quaternary nitrogens is 1. The van der Waals surface area contributed by atoms with Gasteiger partial charge in [0.1, 0.15) is 0 Å². The van der Waals surface area contributed by atoms with Crippen molar-refractivity contribution in [3.8, 4) is 0 Å². The molecule has 20 heavy (non-hydrogen) atoms. The van der Waals surface area contributed by atoms with E-state index in [0.717, 1.165) is 6.67 Å². The Balaban J connectivity index is 1.86. The number of likely N-dealkylation sites (tertiary alicyclic amines) is 1. The average Bonchev–Trinajstić information content (AvgIpc) is 2.84. The van der Waals surface area contributed by atoms with Gasteiger partial charge in [-0.15, -0.1) is 0 Å². The number of para-hydroxylation sites is 2. The van der Waals surface area contributed by atoms with Gasteiger partial charge in [0.2, 0.25) is 0 Å². The maximum Gasteiger partial charge on any atom is 0.157 e. The van der Waals surface area contributed by atoms with Crippen LogP contribution in [0.25, 0.3) is 21.8 Å². The Bertz CT molecular complexity index is 682. The van der Waals surface area contributed by atoms with E-state index in [4.69, 9.17) is 0 Å². The average molecular weight is 265 g/mol. The molecule has 2 heteroatoms. The highest BCUT2D eigenvalue weighted by Gasteiger charge is 2.17. The highest BCUT2D eigenvalue weighted by molar-refractivity contribution is 6.07. The van der Waals surface area contributed by atoms with E-state index >= 15 is 0 Å². The molecule has 1 N–H and O–H groups in total. The minimum atomic E-state index is 1.11. The molecule has 0 spiro atoms. The minimum absolute atomic E-state index is 1.11. The molecule has 0 saturated carbocycles. The zero-order chi connectivity index (χ0) is 13.4. The number of rotatable bonds is 2. The quantitative estimate of drug-likeness (QED) is 0.730. The van der Waals surface area contributed by atoms with Gasteiger partial charge >= 0.3 is 0 Å². The van der Waals surface area contributed by atoms with Crippen LogP contribution < -0.4 is 4.90 Å². The molecule has 2 nitrogen and oxygen atoms in total. The summed E-state index contributed by atoms with van der Waals surface area (Å²) in [6.45, 7) is 3.75. The lowest BCUT2D eigenvalue weighted by atomic mass is 10.1. The Morgan fingerprint density at radius 2 is 1.30 bits per heavy atom. The highest BCUT2D eigenvalue weighted by atomic mass is 15.2. The SMILES string of the molecule is c1ccc2c(c1)c1ccccc1n2C[NH+]1CCCCC1. The van der Waals surface area contributed by atoms with Crippen molar-refractivity contribution in [3.63, 3.8) is 0 Å². The van der Waals surface area contributed by atoms with E-state index < -0.39 is 0 Å². The van der Waals surface area contributed by atoms with Crippen molar-refractivity contribution in [3.05, 3.63) is 48.5 Å². The van der Waals surface area contributed by atoms with Crippen molar-refractivity contribution in [1.29, 1.82) is 0 Å². The summed E-state index contributed by atoms with van der Waals surface area (Å²) >= 11 is 0. The number of nitrogens with one attached hydrogen (secondary N) is 1. The summed E-state index contributed by atoms with van der Waals surface area (Å²) in [4.78, 5) is 1.72. The predicted molar refractivity (Wildman–Crippen MR) is 84.0 cm³/mol. The summed E-state index contributed by atoms with van der Waals surface area (Å²) in [7, 11) is 0. The number of nitrogens with zero attached hydrogens (tertiary/aromatic N) is 1. The third-order valence-corrected chi connectivity index (χ3v) is 4.62. The van der Waals surface area contributed by atoms with Crippen LogP contribution >= 0.6 is 0 Å². The molecular formula is C18H21N2+. The number of hydrogen-bond donors (Lipinski definition) is 1. The van der Waals surface area contributed by atoms with E-state index in [-0.39, 0.29) is 0 Å². The van der Waals surface area contributed by atoms with Crippen molar-refractivity contribution in [2.24, 2.45) is 0 Å². The molecule has 102 valence electrons. The Morgan fingerprint density at radius 3 is 1.90 bits per heavy atom. The standard InChI is InChI=1S/C18H20N2/c1-6-12-19(13-7-1)14-20-17-10-4-2-8-15(17)16-9-3-5-11-18(16)20/h2-5,8-11H,1,6-7,12-14H2/p+1. The van der Waals surface area contributed by atoms with E-state index in [1.165, 1.54) is 54.2 Å². The summed E-state index contributed by atoms with van der Waals surface area (Å²) in [5.74, 6) is 0. The third-order valence-electron chi connectivity index (χ3n) is 4.62. The second-order valence-corrected chi connectivity index (χ2v) is 5.93. The molecule has 1 saturated heterocycles. The maximum atomic E-state index is 2.52. The topological polar surface area (TPSA) is 9.37 Å². The maximum absolute atomic E-state index is 2.52.